The summed E-state index contributed by atoms with van der Waals surface area (Å²) in [4.78, 5) is 16.2. The molecule has 0 aliphatic rings. The lowest BCUT2D eigenvalue weighted by molar-refractivity contribution is 0.0570. The van der Waals surface area contributed by atoms with E-state index in [9.17, 15) is 13.2 Å². The van der Waals surface area contributed by atoms with Crippen molar-refractivity contribution in [2.45, 2.75) is 31.3 Å². The summed E-state index contributed by atoms with van der Waals surface area (Å²) in [6, 6.07) is 12.0. The number of carbonyl (C=O) groups is 1. The summed E-state index contributed by atoms with van der Waals surface area (Å²) in [6.45, 7) is 4.96. The molecule has 0 saturated heterocycles. The number of nitrogens with one attached hydrogen (secondary N) is 1. The van der Waals surface area contributed by atoms with Gasteiger partial charge in [0.05, 0.1) is 12.0 Å². The van der Waals surface area contributed by atoms with Crippen LogP contribution in [-0.2, 0) is 14.8 Å². The molecule has 152 valence electrons. The Hall–Kier alpha value is -3.13. The van der Waals surface area contributed by atoms with Crippen molar-refractivity contribution >= 4 is 26.9 Å². The van der Waals surface area contributed by atoms with Gasteiger partial charge in [0.25, 0.3) is 10.0 Å². The van der Waals surface area contributed by atoms with Crippen molar-refractivity contribution < 1.29 is 22.7 Å². The molecular weight excluding hydrogens is 392 g/mol. The Balaban J connectivity index is 2.15. The third kappa shape index (κ3) is 4.65. The van der Waals surface area contributed by atoms with Gasteiger partial charge in [0.1, 0.15) is 11.4 Å². The number of amides is 1. The van der Waals surface area contributed by atoms with Gasteiger partial charge in [-0.25, -0.2) is 17.9 Å². The predicted octanol–water partition coefficient (Wildman–Crippen LogP) is 4.12. The zero-order valence-electron chi connectivity index (χ0n) is 16.6. The first kappa shape index (κ1) is 20.6. The van der Waals surface area contributed by atoms with Crippen molar-refractivity contribution in [3.8, 4) is 16.9 Å². The number of carbonyl (C=O) groups excluding carboxylic acids is 1. The maximum atomic E-state index is 13.0. The second-order valence-corrected chi connectivity index (χ2v) is 9.03. The highest BCUT2D eigenvalue weighted by Crippen LogP contribution is 2.35. The summed E-state index contributed by atoms with van der Waals surface area (Å²) in [5.41, 5.74) is 0.137. The fourth-order valence-corrected chi connectivity index (χ4v) is 3.95. The van der Waals surface area contributed by atoms with Crippen LogP contribution in [0, 0.1) is 0 Å². The maximum absolute atomic E-state index is 13.0. The van der Waals surface area contributed by atoms with Crippen molar-refractivity contribution in [2.75, 3.05) is 7.11 Å². The van der Waals surface area contributed by atoms with Gasteiger partial charge in [0, 0.05) is 28.9 Å². The minimum absolute atomic E-state index is 0.0812. The predicted molar refractivity (Wildman–Crippen MR) is 110 cm³/mol. The summed E-state index contributed by atoms with van der Waals surface area (Å²) in [7, 11) is -2.72. The van der Waals surface area contributed by atoms with Gasteiger partial charge >= 0.3 is 6.09 Å². The number of fused-ring (bicyclic) bond motifs is 1. The van der Waals surface area contributed by atoms with Crippen LogP contribution in [0.3, 0.4) is 0 Å². The van der Waals surface area contributed by atoms with E-state index in [2.05, 4.69) is 4.98 Å². The molecule has 3 aromatic rings. The Bertz CT molecular complexity index is 1160. The fraction of sp³-hybridized carbons (Fsp3) is 0.238. The molecule has 1 aromatic heterocycles. The number of benzene rings is 2. The topological polar surface area (TPSA) is 94.6 Å². The van der Waals surface area contributed by atoms with Crippen LogP contribution in [-0.4, -0.2) is 32.2 Å². The van der Waals surface area contributed by atoms with Crippen LogP contribution in [0.4, 0.5) is 4.79 Å². The molecular formula is C21H22N2O5S. The van der Waals surface area contributed by atoms with Gasteiger partial charge in [-0.15, -0.1) is 0 Å². The van der Waals surface area contributed by atoms with E-state index in [4.69, 9.17) is 9.47 Å². The molecule has 0 saturated carbocycles. The number of hydrogen-bond donors (Lipinski definition) is 1. The third-order valence-corrected chi connectivity index (χ3v) is 5.42. The third-order valence-electron chi connectivity index (χ3n) is 4.05. The van der Waals surface area contributed by atoms with Crippen LogP contribution in [0.2, 0.25) is 0 Å². The lowest BCUT2D eigenvalue weighted by Gasteiger charge is -2.20. The summed E-state index contributed by atoms with van der Waals surface area (Å²) in [5, 5.41) is 1.68. The van der Waals surface area contributed by atoms with E-state index in [1.54, 1.807) is 39.2 Å². The largest absolute Gasteiger partial charge is 0.497 e. The summed E-state index contributed by atoms with van der Waals surface area (Å²) in [6.07, 6.45) is 2.24. The lowest BCUT2D eigenvalue weighted by atomic mass is 10.0. The molecule has 0 aliphatic carbocycles. The Kier molecular flexibility index (Phi) is 5.48. The smallest absolute Gasteiger partial charge is 0.421 e. The molecule has 0 fully saturated rings. The molecule has 29 heavy (non-hydrogen) atoms. The Labute approximate surface area is 169 Å². The molecule has 0 unspecified atom stereocenters. The normalized spacial score (nSPS) is 11.9. The van der Waals surface area contributed by atoms with Crippen LogP contribution < -0.4 is 9.46 Å². The van der Waals surface area contributed by atoms with E-state index < -0.39 is 21.7 Å². The fourth-order valence-electron chi connectivity index (χ4n) is 2.88. The minimum Gasteiger partial charge on any atom is -0.497 e. The first-order valence-electron chi connectivity index (χ1n) is 8.88. The van der Waals surface area contributed by atoms with E-state index in [0.29, 0.717) is 16.9 Å². The number of nitrogens with zero attached hydrogens (tertiary/aromatic N) is 1. The first-order valence-corrected chi connectivity index (χ1v) is 10.4. The van der Waals surface area contributed by atoms with Crippen LogP contribution in [0.1, 0.15) is 20.8 Å². The van der Waals surface area contributed by atoms with Crippen molar-refractivity contribution in [3.05, 3.63) is 54.9 Å². The number of methoxy groups -OCH3 is 1. The Morgan fingerprint density at radius 2 is 1.76 bits per heavy atom. The quantitative estimate of drug-likeness (QED) is 0.690. The van der Waals surface area contributed by atoms with Crippen LogP contribution in [0.25, 0.3) is 21.9 Å². The van der Waals surface area contributed by atoms with Crippen molar-refractivity contribution in [3.63, 3.8) is 0 Å². The van der Waals surface area contributed by atoms with Gasteiger partial charge in [-0.05, 0) is 44.4 Å². The molecule has 3 rings (SSSR count). The average molecular weight is 414 g/mol. The van der Waals surface area contributed by atoms with Gasteiger partial charge in [0.15, 0.2) is 0 Å². The number of aromatic nitrogens is 1. The van der Waals surface area contributed by atoms with E-state index >= 15 is 0 Å². The van der Waals surface area contributed by atoms with Gasteiger partial charge in [-0.3, -0.25) is 4.98 Å². The average Bonchev–Trinajstić information content (AvgIpc) is 2.65. The second-order valence-electron chi connectivity index (χ2n) is 7.38. The molecule has 0 spiro atoms. The van der Waals surface area contributed by atoms with Crippen molar-refractivity contribution in [1.29, 1.82) is 0 Å². The molecule has 2 aromatic carbocycles. The molecule has 1 N–H and O–H groups in total. The monoisotopic (exact) mass is 414 g/mol. The number of rotatable bonds is 4. The zero-order chi connectivity index (χ0) is 21.2. The molecule has 8 heteroatoms. The zero-order valence-corrected chi connectivity index (χ0v) is 17.4. The van der Waals surface area contributed by atoms with Crippen molar-refractivity contribution in [1.82, 2.24) is 9.71 Å². The molecule has 0 aliphatic heterocycles. The van der Waals surface area contributed by atoms with E-state index in [0.717, 1.165) is 10.8 Å². The number of pyridine rings is 1. The van der Waals surface area contributed by atoms with E-state index in [-0.39, 0.29) is 4.90 Å². The first-order chi connectivity index (χ1) is 13.6. The van der Waals surface area contributed by atoms with Gasteiger partial charge in [0.2, 0.25) is 0 Å². The van der Waals surface area contributed by atoms with Gasteiger partial charge in [-0.2, -0.15) is 0 Å². The molecule has 1 heterocycles. The standard InChI is InChI=1S/C21H22N2O5S/c1-21(2,3)28-20(24)23-29(25,26)19-10-9-15(27-4)11-17(19)18-13-22-12-14-7-5-6-8-16(14)18/h5-13H,1-4H3,(H,23,24). The van der Waals surface area contributed by atoms with Crippen LogP contribution >= 0.6 is 0 Å². The number of sulfonamides is 1. The van der Waals surface area contributed by atoms with E-state index in [1.165, 1.54) is 19.2 Å². The van der Waals surface area contributed by atoms with Crippen molar-refractivity contribution in [2.24, 2.45) is 0 Å². The van der Waals surface area contributed by atoms with Crippen LogP contribution in [0.15, 0.2) is 59.8 Å². The highest BCUT2D eigenvalue weighted by atomic mass is 32.2. The number of hydrogen-bond acceptors (Lipinski definition) is 6. The van der Waals surface area contributed by atoms with Gasteiger partial charge in [-0.1, -0.05) is 24.3 Å². The Morgan fingerprint density at radius 1 is 1.03 bits per heavy atom. The minimum atomic E-state index is -4.21. The van der Waals surface area contributed by atoms with Crippen LogP contribution in [0.5, 0.6) is 5.75 Å². The second kappa shape index (κ2) is 7.71. The number of ether oxygens (including phenoxy) is 2. The summed E-state index contributed by atoms with van der Waals surface area (Å²) in [5.74, 6) is 0.476. The molecule has 0 radical (unpaired) electrons. The van der Waals surface area contributed by atoms with E-state index in [1.807, 2.05) is 29.0 Å². The lowest BCUT2D eigenvalue weighted by Crippen LogP contribution is -2.36. The maximum Gasteiger partial charge on any atom is 0.421 e. The van der Waals surface area contributed by atoms with Gasteiger partial charge < -0.3 is 9.47 Å². The summed E-state index contributed by atoms with van der Waals surface area (Å²) < 4.78 is 38.3. The molecule has 0 bridgehead atoms. The highest BCUT2D eigenvalue weighted by molar-refractivity contribution is 7.90. The SMILES string of the molecule is COc1ccc(S(=O)(=O)NC(=O)OC(C)(C)C)c(-c2cncc3ccccc23)c1. The summed E-state index contributed by atoms with van der Waals surface area (Å²) >= 11 is 0. The molecule has 1 amide bonds. The molecule has 0 atom stereocenters. The highest BCUT2D eigenvalue weighted by Gasteiger charge is 2.26. The Morgan fingerprint density at radius 3 is 2.45 bits per heavy atom. The molecule has 7 nitrogen and oxygen atoms in total.